The molecule has 0 fully saturated rings. The number of halogens is 1. The third kappa shape index (κ3) is 5.10. The molecule has 0 aliphatic heterocycles. The average Bonchev–Trinajstić information content (AvgIpc) is 2.19. The Morgan fingerprint density at radius 1 is 1.59 bits per heavy atom. The Kier molecular flexibility index (Phi) is 5.31. The normalized spacial score (nSPS) is 10.1. The van der Waals surface area contributed by atoms with Gasteiger partial charge in [-0.2, -0.15) is 0 Å². The summed E-state index contributed by atoms with van der Waals surface area (Å²) in [6.07, 6.45) is 2.01. The maximum Gasteiger partial charge on any atom is 0.226 e. The Balaban J connectivity index is 2.51. The van der Waals surface area contributed by atoms with Crippen LogP contribution in [0.3, 0.4) is 0 Å². The minimum Gasteiger partial charge on any atom is -0.330 e. The molecular formula is C11H14ClN3OS. The summed E-state index contributed by atoms with van der Waals surface area (Å²) < 4.78 is 0. The molecule has 0 aliphatic rings. The van der Waals surface area contributed by atoms with Crippen LogP contribution in [0.2, 0.25) is 5.15 Å². The highest BCUT2D eigenvalue weighted by molar-refractivity contribution is 7.80. The Morgan fingerprint density at radius 2 is 2.29 bits per heavy atom. The number of aromatic nitrogens is 1. The summed E-state index contributed by atoms with van der Waals surface area (Å²) in [5.74, 6) is 0.178. The lowest BCUT2D eigenvalue weighted by atomic mass is 10.1. The summed E-state index contributed by atoms with van der Waals surface area (Å²) in [5, 5.41) is 5.94. The van der Waals surface area contributed by atoms with Gasteiger partial charge in [0.1, 0.15) is 0 Å². The molecule has 1 amide bonds. The second kappa shape index (κ2) is 6.51. The molecule has 2 N–H and O–H groups in total. The van der Waals surface area contributed by atoms with E-state index in [0.29, 0.717) is 23.2 Å². The van der Waals surface area contributed by atoms with Gasteiger partial charge < -0.3 is 10.6 Å². The van der Waals surface area contributed by atoms with E-state index in [0.717, 1.165) is 0 Å². The SMILES string of the molecule is CC(C)CC(=O)NC(=S)Nc1cccnc1Cl. The van der Waals surface area contributed by atoms with Gasteiger partial charge >= 0.3 is 0 Å². The lowest BCUT2D eigenvalue weighted by Crippen LogP contribution is -2.34. The molecule has 0 unspecified atom stereocenters. The highest BCUT2D eigenvalue weighted by Crippen LogP contribution is 2.17. The second-order valence-corrected chi connectivity index (χ2v) is 4.71. The fourth-order valence-corrected chi connectivity index (χ4v) is 1.57. The molecule has 0 saturated carbocycles. The number of pyridine rings is 1. The smallest absolute Gasteiger partial charge is 0.226 e. The van der Waals surface area contributed by atoms with Crippen molar-refractivity contribution in [1.29, 1.82) is 0 Å². The van der Waals surface area contributed by atoms with Crippen LogP contribution < -0.4 is 10.6 Å². The Morgan fingerprint density at radius 3 is 2.88 bits per heavy atom. The Bertz CT molecular complexity index is 423. The lowest BCUT2D eigenvalue weighted by Gasteiger charge is -2.10. The number of anilines is 1. The molecule has 0 atom stereocenters. The van der Waals surface area contributed by atoms with Crippen LogP contribution in [-0.4, -0.2) is 16.0 Å². The fourth-order valence-electron chi connectivity index (χ4n) is 1.18. The number of hydrogen-bond donors (Lipinski definition) is 2. The molecule has 1 heterocycles. The van der Waals surface area contributed by atoms with Crippen LogP contribution in [0, 0.1) is 5.92 Å². The zero-order valence-corrected chi connectivity index (χ0v) is 11.2. The summed E-state index contributed by atoms with van der Waals surface area (Å²) >= 11 is 10.8. The molecule has 0 bridgehead atoms. The summed E-state index contributed by atoms with van der Waals surface area (Å²) in [4.78, 5) is 15.3. The highest BCUT2D eigenvalue weighted by atomic mass is 35.5. The van der Waals surface area contributed by atoms with Gasteiger partial charge in [0.15, 0.2) is 10.3 Å². The summed E-state index contributed by atoms with van der Waals surface area (Å²) in [5.41, 5.74) is 0.573. The van der Waals surface area contributed by atoms with Crippen LogP contribution >= 0.6 is 23.8 Å². The van der Waals surface area contributed by atoms with Crippen molar-refractivity contribution < 1.29 is 4.79 Å². The third-order valence-corrected chi connectivity index (χ3v) is 2.36. The standard InChI is InChI=1S/C11H14ClN3OS/c1-7(2)6-9(16)15-11(17)14-8-4-3-5-13-10(8)12/h3-5,7H,6H2,1-2H3,(H2,14,15,16,17). The van der Waals surface area contributed by atoms with E-state index in [-0.39, 0.29) is 11.0 Å². The van der Waals surface area contributed by atoms with Crippen molar-refractivity contribution in [3.63, 3.8) is 0 Å². The number of rotatable bonds is 3. The first-order valence-corrected chi connectivity index (χ1v) is 5.99. The molecular weight excluding hydrogens is 258 g/mol. The minimum atomic E-state index is -0.113. The molecule has 4 nitrogen and oxygen atoms in total. The van der Waals surface area contributed by atoms with E-state index in [4.69, 9.17) is 23.8 Å². The summed E-state index contributed by atoms with van der Waals surface area (Å²) in [6, 6.07) is 3.46. The first-order valence-electron chi connectivity index (χ1n) is 5.20. The van der Waals surface area contributed by atoms with Crippen LogP contribution in [0.5, 0.6) is 0 Å². The van der Waals surface area contributed by atoms with E-state index in [1.807, 2.05) is 13.8 Å². The second-order valence-electron chi connectivity index (χ2n) is 3.94. The molecule has 0 aliphatic carbocycles. The number of carbonyl (C=O) groups is 1. The number of hydrogen-bond acceptors (Lipinski definition) is 3. The van der Waals surface area contributed by atoms with E-state index in [2.05, 4.69) is 15.6 Å². The van der Waals surface area contributed by atoms with Crippen molar-refractivity contribution in [2.24, 2.45) is 5.92 Å². The molecule has 0 radical (unpaired) electrons. The molecule has 17 heavy (non-hydrogen) atoms. The Labute approximate surface area is 111 Å². The fraction of sp³-hybridized carbons (Fsp3) is 0.364. The monoisotopic (exact) mass is 271 g/mol. The van der Waals surface area contributed by atoms with Gasteiger partial charge in [-0.05, 0) is 30.3 Å². The topological polar surface area (TPSA) is 54.0 Å². The van der Waals surface area contributed by atoms with Gasteiger partial charge in [-0.1, -0.05) is 25.4 Å². The molecule has 0 spiro atoms. The summed E-state index contributed by atoms with van der Waals surface area (Å²) in [6.45, 7) is 3.93. The maximum absolute atomic E-state index is 11.5. The lowest BCUT2D eigenvalue weighted by molar-refractivity contribution is -0.120. The summed E-state index contributed by atoms with van der Waals surface area (Å²) in [7, 11) is 0. The van der Waals surface area contributed by atoms with Crippen molar-refractivity contribution in [2.45, 2.75) is 20.3 Å². The molecule has 92 valence electrons. The largest absolute Gasteiger partial charge is 0.330 e. The van der Waals surface area contributed by atoms with Crippen LogP contribution in [0.1, 0.15) is 20.3 Å². The number of nitrogens with one attached hydrogen (secondary N) is 2. The van der Waals surface area contributed by atoms with Crippen LogP contribution in [0.15, 0.2) is 18.3 Å². The molecule has 1 rings (SSSR count). The van der Waals surface area contributed by atoms with E-state index < -0.39 is 0 Å². The molecule has 1 aromatic heterocycles. The van der Waals surface area contributed by atoms with Crippen LogP contribution in [0.4, 0.5) is 5.69 Å². The van der Waals surface area contributed by atoms with E-state index in [1.165, 1.54) is 0 Å². The van der Waals surface area contributed by atoms with Crippen LogP contribution in [0.25, 0.3) is 0 Å². The van der Waals surface area contributed by atoms with Gasteiger partial charge in [0, 0.05) is 12.6 Å². The third-order valence-electron chi connectivity index (χ3n) is 1.85. The molecule has 0 saturated heterocycles. The minimum absolute atomic E-state index is 0.113. The van der Waals surface area contributed by atoms with Gasteiger partial charge in [0.05, 0.1) is 5.69 Å². The zero-order chi connectivity index (χ0) is 12.8. The van der Waals surface area contributed by atoms with E-state index in [1.54, 1.807) is 18.3 Å². The number of amides is 1. The zero-order valence-electron chi connectivity index (χ0n) is 9.66. The molecule has 6 heteroatoms. The molecule has 1 aromatic rings. The maximum atomic E-state index is 11.5. The quantitative estimate of drug-likeness (QED) is 0.655. The van der Waals surface area contributed by atoms with Gasteiger partial charge in [0.25, 0.3) is 0 Å². The predicted molar refractivity (Wildman–Crippen MR) is 73.1 cm³/mol. The van der Waals surface area contributed by atoms with Gasteiger partial charge in [0.2, 0.25) is 5.91 Å². The van der Waals surface area contributed by atoms with Gasteiger partial charge in [-0.15, -0.1) is 0 Å². The predicted octanol–water partition coefficient (Wildman–Crippen LogP) is 2.59. The number of carbonyl (C=O) groups excluding carboxylic acids is 1. The van der Waals surface area contributed by atoms with E-state index in [9.17, 15) is 4.79 Å². The van der Waals surface area contributed by atoms with Crippen LogP contribution in [-0.2, 0) is 4.79 Å². The first kappa shape index (κ1) is 13.9. The van der Waals surface area contributed by atoms with Crippen molar-refractivity contribution in [2.75, 3.05) is 5.32 Å². The van der Waals surface area contributed by atoms with Crippen molar-refractivity contribution in [1.82, 2.24) is 10.3 Å². The van der Waals surface area contributed by atoms with Crippen molar-refractivity contribution in [3.8, 4) is 0 Å². The first-order chi connectivity index (χ1) is 7.99. The van der Waals surface area contributed by atoms with Crippen molar-refractivity contribution in [3.05, 3.63) is 23.5 Å². The van der Waals surface area contributed by atoms with Gasteiger partial charge in [-0.25, -0.2) is 4.98 Å². The average molecular weight is 272 g/mol. The Hall–Kier alpha value is -1.20. The number of nitrogens with zero attached hydrogens (tertiary/aromatic N) is 1. The molecule has 0 aromatic carbocycles. The highest BCUT2D eigenvalue weighted by Gasteiger charge is 2.08. The van der Waals surface area contributed by atoms with E-state index >= 15 is 0 Å². The van der Waals surface area contributed by atoms with Crippen molar-refractivity contribution >= 4 is 40.5 Å². The number of thiocarbonyl (C=S) groups is 1. The van der Waals surface area contributed by atoms with Gasteiger partial charge in [-0.3, -0.25) is 4.79 Å².